The zero-order chi connectivity index (χ0) is 23.8. The molecule has 2 N–H and O–H groups in total. The Morgan fingerprint density at radius 1 is 1.00 bits per heavy atom. The highest BCUT2D eigenvalue weighted by Crippen LogP contribution is 2.28. The summed E-state index contributed by atoms with van der Waals surface area (Å²) in [4.78, 5) is 24.6. The molecule has 2 amide bonds. The van der Waals surface area contributed by atoms with Crippen LogP contribution in [0.4, 0.5) is 0 Å². The normalized spacial score (nSPS) is 16.2. The number of nitrogens with zero attached hydrogens (tertiary/aromatic N) is 1. The molecule has 0 aromatic heterocycles. The predicted molar refractivity (Wildman–Crippen MR) is 123 cm³/mol. The maximum absolute atomic E-state index is 12.9. The number of methoxy groups -OCH3 is 2. The van der Waals surface area contributed by atoms with Gasteiger partial charge in [-0.3, -0.25) is 9.59 Å². The Labute approximate surface area is 194 Å². The molecule has 1 heterocycles. The number of benzene rings is 2. The maximum atomic E-state index is 12.9. The summed E-state index contributed by atoms with van der Waals surface area (Å²) in [7, 11) is -0.550. The van der Waals surface area contributed by atoms with E-state index in [1.165, 1.54) is 4.31 Å². The first kappa shape index (κ1) is 24.5. The van der Waals surface area contributed by atoms with Gasteiger partial charge >= 0.3 is 11.8 Å². The molecule has 178 valence electrons. The number of sulfonamides is 1. The van der Waals surface area contributed by atoms with Crippen molar-refractivity contribution in [3.05, 3.63) is 54.1 Å². The Morgan fingerprint density at radius 2 is 1.70 bits per heavy atom. The van der Waals surface area contributed by atoms with Crippen molar-refractivity contribution >= 4 is 21.8 Å². The Hall–Kier alpha value is -3.11. The highest BCUT2D eigenvalue weighted by atomic mass is 32.2. The Morgan fingerprint density at radius 3 is 2.39 bits per heavy atom. The quantitative estimate of drug-likeness (QED) is 0.529. The number of rotatable bonds is 9. The number of ether oxygens (including phenoxy) is 2. The second-order valence-electron chi connectivity index (χ2n) is 7.63. The summed E-state index contributed by atoms with van der Waals surface area (Å²) in [6, 6.07) is 13.3. The van der Waals surface area contributed by atoms with E-state index in [9.17, 15) is 18.0 Å². The molecule has 0 bridgehead atoms. The third kappa shape index (κ3) is 6.02. The molecule has 0 radical (unpaired) electrons. The summed E-state index contributed by atoms with van der Waals surface area (Å²) in [5.41, 5.74) is 0.918. The van der Waals surface area contributed by atoms with Crippen LogP contribution < -0.4 is 20.1 Å². The molecule has 0 aliphatic carbocycles. The van der Waals surface area contributed by atoms with Gasteiger partial charge in [0.15, 0.2) is 11.5 Å². The van der Waals surface area contributed by atoms with Gasteiger partial charge in [0, 0.05) is 25.7 Å². The molecule has 1 saturated heterocycles. The van der Waals surface area contributed by atoms with E-state index >= 15 is 0 Å². The van der Waals surface area contributed by atoms with Crippen molar-refractivity contribution in [3.8, 4) is 11.5 Å². The van der Waals surface area contributed by atoms with E-state index in [2.05, 4.69) is 10.6 Å². The molecule has 10 heteroatoms. The number of nitrogens with one attached hydrogen (secondary N) is 2. The number of hydrogen-bond acceptors (Lipinski definition) is 6. The third-order valence-corrected chi connectivity index (χ3v) is 7.49. The predicted octanol–water partition coefficient (Wildman–Crippen LogP) is 1.33. The van der Waals surface area contributed by atoms with Crippen LogP contribution in [0.2, 0.25) is 0 Å². The second-order valence-corrected chi connectivity index (χ2v) is 9.52. The van der Waals surface area contributed by atoms with Crippen LogP contribution in [0.5, 0.6) is 11.5 Å². The van der Waals surface area contributed by atoms with E-state index in [0.717, 1.165) is 5.56 Å². The fourth-order valence-electron chi connectivity index (χ4n) is 3.79. The van der Waals surface area contributed by atoms with Crippen LogP contribution in [0.3, 0.4) is 0 Å². The fraction of sp³-hybridized carbons (Fsp3) is 0.391. The van der Waals surface area contributed by atoms with Crippen LogP contribution >= 0.6 is 0 Å². The van der Waals surface area contributed by atoms with E-state index in [0.29, 0.717) is 37.3 Å². The monoisotopic (exact) mass is 475 g/mol. The molecule has 2 aromatic rings. The van der Waals surface area contributed by atoms with Crippen molar-refractivity contribution < 1.29 is 27.5 Å². The van der Waals surface area contributed by atoms with Crippen LogP contribution in [-0.4, -0.2) is 64.4 Å². The van der Waals surface area contributed by atoms with Gasteiger partial charge in [-0.1, -0.05) is 24.3 Å². The van der Waals surface area contributed by atoms with E-state index in [1.54, 1.807) is 50.6 Å². The van der Waals surface area contributed by atoms with Crippen molar-refractivity contribution in [2.24, 2.45) is 0 Å². The van der Waals surface area contributed by atoms with Crippen LogP contribution in [-0.2, 0) is 26.0 Å². The molecule has 0 unspecified atom stereocenters. The lowest BCUT2D eigenvalue weighted by molar-refractivity contribution is -0.139. The lowest BCUT2D eigenvalue weighted by atomic mass is 10.1. The molecule has 0 saturated carbocycles. The van der Waals surface area contributed by atoms with Crippen LogP contribution in [0, 0.1) is 0 Å². The van der Waals surface area contributed by atoms with Crippen molar-refractivity contribution in [1.29, 1.82) is 0 Å². The molecule has 1 fully saturated rings. The number of carbonyl (C=O) groups excluding carboxylic acids is 2. The van der Waals surface area contributed by atoms with Crippen molar-refractivity contribution in [2.45, 2.75) is 30.2 Å². The Bertz CT molecular complexity index is 1070. The number of carbonyl (C=O) groups is 2. The van der Waals surface area contributed by atoms with Crippen molar-refractivity contribution in [3.63, 3.8) is 0 Å². The molecule has 2 aromatic carbocycles. The van der Waals surface area contributed by atoms with Crippen molar-refractivity contribution in [2.75, 3.05) is 33.9 Å². The first-order valence-corrected chi connectivity index (χ1v) is 12.1. The molecule has 1 aliphatic rings. The van der Waals surface area contributed by atoms with E-state index < -0.39 is 27.9 Å². The maximum Gasteiger partial charge on any atom is 0.309 e. The van der Waals surface area contributed by atoms with Gasteiger partial charge in [-0.15, -0.1) is 0 Å². The minimum absolute atomic E-state index is 0.0774. The number of amides is 2. The molecule has 3 rings (SSSR count). The van der Waals surface area contributed by atoms with Crippen LogP contribution in [0.25, 0.3) is 0 Å². The van der Waals surface area contributed by atoms with Gasteiger partial charge in [0.05, 0.1) is 19.1 Å². The van der Waals surface area contributed by atoms with Gasteiger partial charge in [0.25, 0.3) is 0 Å². The van der Waals surface area contributed by atoms with Gasteiger partial charge in [0.2, 0.25) is 10.0 Å². The highest BCUT2D eigenvalue weighted by molar-refractivity contribution is 7.89. The van der Waals surface area contributed by atoms with Crippen molar-refractivity contribution in [1.82, 2.24) is 14.9 Å². The Balaban J connectivity index is 1.48. The van der Waals surface area contributed by atoms with E-state index in [4.69, 9.17) is 9.47 Å². The van der Waals surface area contributed by atoms with Gasteiger partial charge in [-0.05, 0) is 49.1 Å². The Kier molecular flexibility index (Phi) is 8.29. The second kappa shape index (κ2) is 11.2. The summed E-state index contributed by atoms with van der Waals surface area (Å²) in [5.74, 6) is -0.345. The first-order chi connectivity index (χ1) is 15.9. The fourth-order valence-corrected chi connectivity index (χ4v) is 5.50. The molecular formula is C23H29N3O6S. The SMILES string of the molecule is COc1ccc(CCNC(=O)C(=O)NC[C@H]2CCCN2S(=O)(=O)c2ccccc2)cc1OC. The topological polar surface area (TPSA) is 114 Å². The van der Waals surface area contributed by atoms with Gasteiger partial charge in [0.1, 0.15) is 0 Å². The largest absolute Gasteiger partial charge is 0.493 e. The first-order valence-electron chi connectivity index (χ1n) is 10.7. The minimum atomic E-state index is -3.65. The smallest absolute Gasteiger partial charge is 0.309 e. The standard InChI is InChI=1S/C23H29N3O6S/c1-31-20-11-10-17(15-21(20)32-2)12-13-24-22(27)23(28)25-16-18-7-6-14-26(18)33(29,30)19-8-4-3-5-9-19/h3-5,8-11,15,18H,6-7,12-14,16H2,1-2H3,(H,24,27)(H,25,28)/t18-/m1/s1. The van der Waals surface area contributed by atoms with E-state index in [-0.39, 0.29) is 18.0 Å². The molecule has 0 spiro atoms. The summed E-state index contributed by atoms with van der Waals surface area (Å²) in [5, 5.41) is 5.15. The molecule has 1 atom stereocenters. The number of hydrogen-bond donors (Lipinski definition) is 2. The van der Waals surface area contributed by atoms with Crippen LogP contribution in [0.15, 0.2) is 53.4 Å². The van der Waals surface area contributed by atoms with Crippen LogP contribution in [0.1, 0.15) is 18.4 Å². The zero-order valence-electron chi connectivity index (χ0n) is 18.7. The minimum Gasteiger partial charge on any atom is -0.493 e. The summed E-state index contributed by atoms with van der Waals surface area (Å²) < 4.78 is 37.7. The average molecular weight is 476 g/mol. The van der Waals surface area contributed by atoms with Gasteiger partial charge < -0.3 is 20.1 Å². The third-order valence-electron chi connectivity index (χ3n) is 5.52. The molecular weight excluding hydrogens is 446 g/mol. The lowest BCUT2D eigenvalue weighted by Crippen LogP contribution is -2.47. The molecule has 9 nitrogen and oxygen atoms in total. The average Bonchev–Trinajstić information content (AvgIpc) is 3.32. The summed E-state index contributed by atoms with van der Waals surface area (Å²) in [6.07, 6.45) is 1.82. The highest BCUT2D eigenvalue weighted by Gasteiger charge is 2.35. The molecule has 33 heavy (non-hydrogen) atoms. The molecule has 1 aliphatic heterocycles. The van der Waals surface area contributed by atoms with Gasteiger partial charge in [-0.2, -0.15) is 4.31 Å². The summed E-state index contributed by atoms with van der Waals surface area (Å²) >= 11 is 0. The lowest BCUT2D eigenvalue weighted by Gasteiger charge is -2.24. The van der Waals surface area contributed by atoms with E-state index in [1.807, 2.05) is 12.1 Å². The summed E-state index contributed by atoms with van der Waals surface area (Å²) in [6.45, 7) is 0.725. The zero-order valence-corrected chi connectivity index (χ0v) is 19.6. The van der Waals surface area contributed by atoms with Gasteiger partial charge in [-0.25, -0.2) is 8.42 Å².